The van der Waals surface area contributed by atoms with E-state index in [1.165, 1.54) is 0 Å². The Balaban J connectivity index is 2.05. The second-order valence-electron chi connectivity index (χ2n) is 5.23. The topological polar surface area (TPSA) is 76.9 Å². The lowest BCUT2D eigenvalue weighted by Crippen LogP contribution is -2.10. The van der Waals surface area contributed by atoms with Crippen LogP contribution in [0.4, 0.5) is 5.95 Å². The molecule has 1 heterocycles. The fourth-order valence-electron chi connectivity index (χ4n) is 2.02. The van der Waals surface area contributed by atoms with Crippen molar-refractivity contribution in [3.8, 4) is 6.07 Å². The molecule has 2 rings (SSSR count). The van der Waals surface area contributed by atoms with Crippen molar-refractivity contribution in [1.29, 1.82) is 5.26 Å². The van der Waals surface area contributed by atoms with Gasteiger partial charge in [0.15, 0.2) is 0 Å². The number of nitrogens with two attached hydrogens (primary N) is 1. The fraction of sp³-hybridized carbons (Fsp3) is 0.467. The quantitative estimate of drug-likeness (QED) is 0.820. The molecule has 0 bridgehead atoms. The second kappa shape index (κ2) is 6.40. The molecule has 0 aliphatic heterocycles. The van der Waals surface area contributed by atoms with Crippen LogP contribution in [0.15, 0.2) is 18.2 Å². The fourth-order valence-corrected chi connectivity index (χ4v) is 2.02. The first-order valence-corrected chi connectivity index (χ1v) is 6.85. The van der Waals surface area contributed by atoms with Gasteiger partial charge in [0.1, 0.15) is 0 Å². The SMILES string of the molecule is CC(C)CCOCCn1c(N)nc2ccc(C#N)cc21. The third kappa shape index (κ3) is 3.28. The molecule has 0 saturated carbocycles. The Hall–Kier alpha value is -2.06. The van der Waals surface area contributed by atoms with Gasteiger partial charge in [-0.3, -0.25) is 0 Å². The van der Waals surface area contributed by atoms with Crippen molar-refractivity contribution in [2.24, 2.45) is 5.92 Å². The number of nitriles is 1. The molecule has 1 aromatic carbocycles. The molecule has 0 atom stereocenters. The molecule has 0 aliphatic rings. The molecule has 2 aromatic rings. The van der Waals surface area contributed by atoms with E-state index in [4.69, 9.17) is 15.7 Å². The Kier molecular flexibility index (Phi) is 4.59. The van der Waals surface area contributed by atoms with Crippen LogP contribution in [0.3, 0.4) is 0 Å². The zero-order valence-electron chi connectivity index (χ0n) is 12.0. The van der Waals surface area contributed by atoms with Crippen molar-refractivity contribution >= 4 is 17.0 Å². The lowest BCUT2D eigenvalue weighted by Gasteiger charge is -2.09. The molecule has 1 aromatic heterocycles. The molecule has 0 spiro atoms. The van der Waals surface area contributed by atoms with Crippen LogP contribution in [0.2, 0.25) is 0 Å². The van der Waals surface area contributed by atoms with Crippen molar-refractivity contribution in [3.05, 3.63) is 23.8 Å². The number of ether oxygens (including phenoxy) is 1. The molecule has 0 fully saturated rings. The van der Waals surface area contributed by atoms with Crippen LogP contribution in [0.25, 0.3) is 11.0 Å². The van der Waals surface area contributed by atoms with Crippen molar-refractivity contribution in [3.63, 3.8) is 0 Å². The molecule has 0 radical (unpaired) electrons. The number of hydrogen-bond acceptors (Lipinski definition) is 4. The maximum atomic E-state index is 8.96. The van der Waals surface area contributed by atoms with Gasteiger partial charge in [-0.05, 0) is 30.5 Å². The summed E-state index contributed by atoms with van der Waals surface area (Å²) in [5.41, 5.74) is 8.22. The highest BCUT2D eigenvalue weighted by molar-refractivity contribution is 5.79. The molecule has 0 saturated heterocycles. The van der Waals surface area contributed by atoms with Crippen LogP contribution in [0, 0.1) is 17.2 Å². The van der Waals surface area contributed by atoms with Crippen LogP contribution in [-0.2, 0) is 11.3 Å². The summed E-state index contributed by atoms with van der Waals surface area (Å²) >= 11 is 0. The summed E-state index contributed by atoms with van der Waals surface area (Å²) in [4.78, 5) is 4.29. The number of anilines is 1. The molecule has 5 heteroatoms. The maximum Gasteiger partial charge on any atom is 0.201 e. The Morgan fingerprint density at radius 2 is 2.20 bits per heavy atom. The van der Waals surface area contributed by atoms with Gasteiger partial charge < -0.3 is 15.0 Å². The molecule has 0 amide bonds. The van der Waals surface area contributed by atoms with Crippen LogP contribution in [0.5, 0.6) is 0 Å². The first kappa shape index (κ1) is 14.4. The molecule has 5 nitrogen and oxygen atoms in total. The highest BCUT2D eigenvalue weighted by atomic mass is 16.5. The molecular weight excluding hydrogens is 252 g/mol. The van der Waals surface area contributed by atoms with Crippen LogP contribution < -0.4 is 5.73 Å². The summed E-state index contributed by atoms with van der Waals surface area (Å²) in [7, 11) is 0. The minimum absolute atomic E-state index is 0.461. The zero-order valence-corrected chi connectivity index (χ0v) is 12.0. The van der Waals surface area contributed by atoms with Crippen molar-refractivity contribution in [2.45, 2.75) is 26.8 Å². The van der Waals surface area contributed by atoms with Gasteiger partial charge in [0.25, 0.3) is 0 Å². The molecule has 106 valence electrons. The lowest BCUT2D eigenvalue weighted by molar-refractivity contribution is 0.117. The Bertz CT molecular complexity index is 625. The van der Waals surface area contributed by atoms with Gasteiger partial charge >= 0.3 is 0 Å². The van der Waals surface area contributed by atoms with E-state index >= 15 is 0 Å². The normalized spacial score (nSPS) is 11.1. The van der Waals surface area contributed by atoms with Gasteiger partial charge in [0, 0.05) is 13.2 Å². The molecule has 0 aliphatic carbocycles. The average molecular weight is 272 g/mol. The third-order valence-electron chi connectivity index (χ3n) is 3.21. The number of nitrogens with zero attached hydrogens (tertiary/aromatic N) is 3. The number of rotatable bonds is 6. The van der Waals surface area contributed by atoms with Crippen molar-refractivity contribution in [1.82, 2.24) is 9.55 Å². The van der Waals surface area contributed by atoms with E-state index in [0.29, 0.717) is 30.6 Å². The average Bonchev–Trinajstić information content (AvgIpc) is 2.73. The largest absolute Gasteiger partial charge is 0.380 e. The first-order valence-electron chi connectivity index (χ1n) is 6.85. The summed E-state index contributed by atoms with van der Waals surface area (Å²) in [6.45, 7) is 6.35. The van der Waals surface area contributed by atoms with E-state index in [2.05, 4.69) is 24.9 Å². The molecule has 20 heavy (non-hydrogen) atoms. The minimum Gasteiger partial charge on any atom is -0.380 e. The number of imidazole rings is 1. The predicted octanol–water partition coefficient (Wildman–Crippen LogP) is 2.55. The summed E-state index contributed by atoms with van der Waals surface area (Å²) in [6.07, 6.45) is 1.05. The number of nitrogen functional groups attached to an aromatic ring is 1. The Labute approximate surface area is 119 Å². The predicted molar refractivity (Wildman–Crippen MR) is 79.1 cm³/mol. The minimum atomic E-state index is 0.461. The first-order chi connectivity index (χ1) is 9.61. The number of benzene rings is 1. The van der Waals surface area contributed by atoms with E-state index in [1.807, 2.05) is 16.7 Å². The smallest absolute Gasteiger partial charge is 0.201 e. The van der Waals surface area contributed by atoms with Crippen molar-refractivity contribution < 1.29 is 4.74 Å². The van der Waals surface area contributed by atoms with Crippen LogP contribution in [0.1, 0.15) is 25.8 Å². The van der Waals surface area contributed by atoms with E-state index in [9.17, 15) is 0 Å². The Morgan fingerprint density at radius 3 is 2.90 bits per heavy atom. The highest BCUT2D eigenvalue weighted by Gasteiger charge is 2.08. The number of aromatic nitrogens is 2. The zero-order chi connectivity index (χ0) is 14.5. The number of hydrogen-bond donors (Lipinski definition) is 1. The second-order valence-corrected chi connectivity index (χ2v) is 5.23. The Morgan fingerprint density at radius 1 is 1.40 bits per heavy atom. The van der Waals surface area contributed by atoms with E-state index in [-0.39, 0.29) is 0 Å². The van der Waals surface area contributed by atoms with Crippen LogP contribution in [-0.4, -0.2) is 22.8 Å². The van der Waals surface area contributed by atoms with Gasteiger partial charge in [-0.15, -0.1) is 0 Å². The summed E-state index contributed by atoms with van der Waals surface area (Å²) < 4.78 is 7.50. The van der Waals surface area contributed by atoms with Gasteiger partial charge in [0.2, 0.25) is 5.95 Å². The van der Waals surface area contributed by atoms with Gasteiger partial charge in [-0.1, -0.05) is 13.8 Å². The van der Waals surface area contributed by atoms with Gasteiger partial charge in [-0.25, -0.2) is 4.98 Å². The third-order valence-corrected chi connectivity index (χ3v) is 3.21. The lowest BCUT2D eigenvalue weighted by atomic mass is 10.1. The van der Waals surface area contributed by atoms with Crippen molar-refractivity contribution in [2.75, 3.05) is 18.9 Å². The summed E-state index contributed by atoms with van der Waals surface area (Å²) in [5, 5.41) is 8.96. The standard InChI is InChI=1S/C15H20N4O/c1-11(2)5-7-20-8-6-19-14-9-12(10-16)3-4-13(14)18-15(19)17/h3-4,9,11H,5-8H2,1-2H3,(H2,17,18). The summed E-state index contributed by atoms with van der Waals surface area (Å²) in [6, 6.07) is 7.51. The molecule has 2 N–H and O–H groups in total. The summed E-state index contributed by atoms with van der Waals surface area (Å²) in [5.74, 6) is 1.11. The van der Waals surface area contributed by atoms with E-state index in [0.717, 1.165) is 24.1 Å². The number of fused-ring (bicyclic) bond motifs is 1. The van der Waals surface area contributed by atoms with Gasteiger partial charge in [0.05, 0.1) is 29.3 Å². The van der Waals surface area contributed by atoms with Crippen LogP contribution >= 0.6 is 0 Å². The maximum absolute atomic E-state index is 8.96. The van der Waals surface area contributed by atoms with E-state index < -0.39 is 0 Å². The highest BCUT2D eigenvalue weighted by Crippen LogP contribution is 2.19. The molecular formula is C15H20N4O. The monoisotopic (exact) mass is 272 g/mol. The van der Waals surface area contributed by atoms with Gasteiger partial charge in [-0.2, -0.15) is 5.26 Å². The molecule has 0 unspecified atom stereocenters. The van der Waals surface area contributed by atoms with E-state index in [1.54, 1.807) is 6.07 Å².